The van der Waals surface area contributed by atoms with E-state index < -0.39 is 5.91 Å². The molecular weight excluding hydrogens is 446 g/mol. The smallest absolute Gasteiger partial charge is 0.274 e. The van der Waals surface area contributed by atoms with E-state index in [2.05, 4.69) is 10.3 Å². The Balaban J connectivity index is 0.00000167. The minimum atomic E-state index is -0.599. The van der Waals surface area contributed by atoms with Crippen LogP contribution in [-0.2, 0) is 13.0 Å². The molecule has 0 bridgehead atoms. The SMILES string of the molecule is CC.O=C(NO)c1ccc(CNC(=O)c2[nH]c(Cc3ccoc3)cc2C2=CC=C(O)C=CC2)cc1. The largest absolute Gasteiger partial charge is 0.508 e. The van der Waals surface area contributed by atoms with E-state index in [-0.39, 0.29) is 18.2 Å². The Bertz CT molecular complexity index is 1230. The molecule has 0 fully saturated rings. The average Bonchev–Trinajstić information content (AvgIpc) is 3.50. The summed E-state index contributed by atoms with van der Waals surface area (Å²) in [7, 11) is 0. The second-order valence-corrected chi connectivity index (χ2v) is 7.60. The molecule has 2 aromatic heterocycles. The normalized spacial score (nSPS) is 12.5. The highest BCUT2D eigenvalue weighted by Gasteiger charge is 2.19. The third-order valence-corrected chi connectivity index (χ3v) is 5.27. The molecule has 0 atom stereocenters. The third kappa shape index (κ3) is 6.61. The van der Waals surface area contributed by atoms with E-state index in [1.54, 1.807) is 54.4 Å². The van der Waals surface area contributed by atoms with Gasteiger partial charge in [0.2, 0.25) is 0 Å². The maximum atomic E-state index is 13.1. The van der Waals surface area contributed by atoms with E-state index in [9.17, 15) is 14.7 Å². The summed E-state index contributed by atoms with van der Waals surface area (Å²) in [5.41, 5.74) is 6.63. The van der Waals surface area contributed by atoms with Crippen molar-refractivity contribution < 1.29 is 24.3 Å². The predicted molar refractivity (Wildman–Crippen MR) is 133 cm³/mol. The lowest BCUT2D eigenvalue weighted by Crippen LogP contribution is -2.24. The van der Waals surface area contributed by atoms with Gasteiger partial charge in [-0.3, -0.25) is 14.8 Å². The number of H-pyrrole nitrogens is 1. The number of hydroxylamine groups is 1. The van der Waals surface area contributed by atoms with Crippen molar-refractivity contribution in [1.82, 2.24) is 15.8 Å². The Kier molecular flexibility index (Phi) is 8.86. The van der Waals surface area contributed by atoms with E-state index in [4.69, 9.17) is 9.62 Å². The Morgan fingerprint density at radius 2 is 1.83 bits per heavy atom. The van der Waals surface area contributed by atoms with Crippen LogP contribution in [0.25, 0.3) is 5.57 Å². The van der Waals surface area contributed by atoms with Crippen molar-refractivity contribution >= 4 is 17.4 Å². The molecule has 5 N–H and O–H groups in total. The molecule has 0 unspecified atom stereocenters. The zero-order valence-electron chi connectivity index (χ0n) is 19.7. The van der Waals surface area contributed by atoms with Crippen LogP contribution in [0, 0.1) is 0 Å². The first-order valence-electron chi connectivity index (χ1n) is 11.3. The van der Waals surface area contributed by atoms with Gasteiger partial charge < -0.3 is 19.8 Å². The first-order valence-corrected chi connectivity index (χ1v) is 11.3. The first kappa shape index (κ1) is 25.3. The molecule has 1 aliphatic rings. The van der Waals surface area contributed by atoms with Crippen molar-refractivity contribution in [3.63, 3.8) is 0 Å². The van der Waals surface area contributed by atoms with Gasteiger partial charge in [0.15, 0.2) is 0 Å². The number of aliphatic hydroxyl groups excluding tert-OH is 1. The van der Waals surface area contributed by atoms with Crippen molar-refractivity contribution in [2.24, 2.45) is 0 Å². The molecule has 35 heavy (non-hydrogen) atoms. The summed E-state index contributed by atoms with van der Waals surface area (Å²) < 4.78 is 5.15. The summed E-state index contributed by atoms with van der Waals surface area (Å²) in [5.74, 6) is -0.719. The Morgan fingerprint density at radius 3 is 2.51 bits per heavy atom. The number of carbonyl (C=O) groups is 2. The molecule has 8 nitrogen and oxygen atoms in total. The van der Waals surface area contributed by atoms with Crippen LogP contribution in [0.3, 0.4) is 0 Å². The molecule has 4 rings (SSSR count). The van der Waals surface area contributed by atoms with Gasteiger partial charge in [-0.25, -0.2) is 5.48 Å². The van der Waals surface area contributed by atoms with Crippen molar-refractivity contribution in [3.05, 3.63) is 113 Å². The number of nitrogens with one attached hydrogen (secondary N) is 3. The molecule has 3 aromatic rings. The van der Waals surface area contributed by atoms with Crippen LogP contribution < -0.4 is 10.8 Å². The van der Waals surface area contributed by atoms with Gasteiger partial charge in [-0.2, -0.15) is 0 Å². The molecule has 182 valence electrons. The number of hydrogen-bond acceptors (Lipinski definition) is 5. The Morgan fingerprint density at radius 1 is 1.06 bits per heavy atom. The van der Waals surface area contributed by atoms with Gasteiger partial charge in [0.1, 0.15) is 11.5 Å². The number of amides is 2. The Labute approximate surface area is 203 Å². The fraction of sp³-hybridized carbons (Fsp3) is 0.185. The predicted octanol–water partition coefficient (Wildman–Crippen LogP) is 5.06. The number of aliphatic hydroxyl groups is 1. The summed E-state index contributed by atoms with van der Waals surface area (Å²) >= 11 is 0. The number of hydrogen-bond donors (Lipinski definition) is 5. The molecule has 0 saturated carbocycles. The van der Waals surface area contributed by atoms with Crippen LogP contribution >= 0.6 is 0 Å². The van der Waals surface area contributed by atoms with E-state index in [1.165, 1.54) is 0 Å². The lowest BCUT2D eigenvalue weighted by Gasteiger charge is -2.08. The minimum Gasteiger partial charge on any atom is -0.508 e. The Hall–Kier alpha value is -4.30. The van der Waals surface area contributed by atoms with Crippen LogP contribution in [0.5, 0.6) is 0 Å². The van der Waals surface area contributed by atoms with Crippen LogP contribution in [0.4, 0.5) is 0 Å². The van der Waals surface area contributed by atoms with Gasteiger partial charge in [-0.05, 0) is 59.5 Å². The van der Waals surface area contributed by atoms with Gasteiger partial charge in [0.05, 0.1) is 12.5 Å². The van der Waals surface area contributed by atoms with Crippen molar-refractivity contribution in [2.75, 3.05) is 0 Å². The van der Waals surface area contributed by atoms with E-state index in [0.717, 1.165) is 28.0 Å². The van der Waals surface area contributed by atoms with Crippen LogP contribution in [-0.4, -0.2) is 27.1 Å². The fourth-order valence-electron chi connectivity index (χ4n) is 3.58. The zero-order chi connectivity index (χ0) is 25.2. The second-order valence-electron chi connectivity index (χ2n) is 7.60. The lowest BCUT2D eigenvalue weighted by atomic mass is 10.0. The second kappa shape index (κ2) is 12.2. The topological polar surface area (TPSA) is 128 Å². The van der Waals surface area contributed by atoms with Gasteiger partial charge in [0, 0.05) is 29.8 Å². The maximum absolute atomic E-state index is 13.1. The van der Waals surface area contributed by atoms with Crippen molar-refractivity contribution in [2.45, 2.75) is 33.2 Å². The number of furan rings is 1. The molecule has 0 aliphatic heterocycles. The average molecular weight is 476 g/mol. The quantitative estimate of drug-likeness (QED) is 0.241. The lowest BCUT2D eigenvalue weighted by molar-refractivity contribution is 0.0706. The van der Waals surface area contributed by atoms with E-state index in [0.29, 0.717) is 24.1 Å². The zero-order valence-corrected chi connectivity index (χ0v) is 19.7. The van der Waals surface area contributed by atoms with E-state index in [1.807, 2.05) is 38.1 Å². The number of aromatic nitrogens is 1. The molecule has 0 spiro atoms. The van der Waals surface area contributed by atoms with Crippen LogP contribution in [0.15, 0.2) is 83.4 Å². The van der Waals surface area contributed by atoms with Gasteiger partial charge in [0.25, 0.3) is 11.8 Å². The van der Waals surface area contributed by atoms with Crippen molar-refractivity contribution in [1.29, 1.82) is 0 Å². The number of aromatic amines is 1. The first-order chi connectivity index (χ1) is 17.0. The molecule has 2 heterocycles. The maximum Gasteiger partial charge on any atom is 0.274 e. The molecule has 2 amide bonds. The molecule has 8 heteroatoms. The highest BCUT2D eigenvalue weighted by molar-refractivity contribution is 5.98. The number of benzene rings is 1. The van der Waals surface area contributed by atoms with Gasteiger partial charge in [-0.15, -0.1) is 0 Å². The highest BCUT2D eigenvalue weighted by atomic mass is 16.5. The van der Waals surface area contributed by atoms with Crippen LogP contribution in [0.1, 0.15) is 63.5 Å². The third-order valence-electron chi connectivity index (χ3n) is 5.27. The minimum absolute atomic E-state index is 0.156. The monoisotopic (exact) mass is 475 g/mol. The summed E-state index contributed by atoms with van der Waals surface area (Å²) in [6, 6.07) is 10.4. The van der Waals surface area contributed by atoms with E-state index >= 15 is 0 Å². The summed E-state index contributed by atoms with van der Waals surface area (Å²) in [5, 5.41) is 21.4. The molecule has 1 aromatic carbocycles. The number of rotatable bonds is 7. The fourth-order valence-corrected chi connectivity index (χ4v) is 3.58. The summed E-state index contributed by atoms with van der Waals surface area (Å²) in [6.45, 7) is 4.26. The standard InChI is InChI=1S/C25H23N3O5.C2H6/c29-21-3-1-2-18(8-9-21)22-13-20(12-17-10-11-33-15-17)27-23(22)25(31)26-14-16-4-6-19(7-5-16)24(30)28-32;1-2/h1,3-11,13,15,27,29,32H,2,12,14H2,(H,26,31)(H,28,30);1-2H3. The van der Waals surface area contributed by atoms with Crippen LogP contribution in [0.2, 0.25) is 0 Å². The van der Waals surface area contributed by atoms with Gasteiger partial charge in [-0.1, -0.05) is 38.1 Å². The number of allylic oxidation sites excluding steroid dienone is 5. The highest BCUT2D eigenvalue weighted by Crippen LogP contribution is 2.27. The summed E-state index contributed by atoms with van der Waals surface area (Å²) in [4.78, 5) is 27.8. The number of carbonyl (C=O) groups excluding carboxylic acids is 2. The molecule has 0 saturated heterocycles. The molecule has 1 aliphatic carbocycles. The van der Waals surface area contributed by atoms with Gasteiger partial charge >= 0.3 is 0 Å². The molecular formula is C27H29N3O5. The summed E-state index contributed by atoms with van der Waals surface area (Å²) in [6.07, 6.45) is 11.3. The van der Waals surface area contributed by atoms with Crippen molar-refractivity contribution in [3.8, 4) is 0 Å². The molecule has 0 radical (unpaired) electrons.